The topological polar surface area (TPSA) is 55.8 Å². The molecule has 1 aliphatic carbocycles. The molecule has 3 rings (SSSR count). The fourth-order valence-electron chi connectivity index (χ4n) is 3.14. The zero-order valence-corrected chi connectivity index (χ0v) is 11.7. The van der Waals surface area contributed by atoms with Gasteiger partial charge >= 0.3 is 5.97 Å². The number of aromatic carboxylic acids is 1. The molecule has 0 radical (unpaired) electrons. The van der Waals surface area contributed by atoms with Crippen LogP contribution in [0.4, 0.5) is 0 Å². The van der Waals surface area contributed by atoms with Crippen molar-refractivity contribution in [2.24, 2.45) is 0 Å². The average Bonchev–Trinajstić information content (AvgIpc) is 2.37. The lowest BCUT2D eigenvalue weighted by molar-refractivity contribution is -0.153. The van der Waals surface area contributed by atoms with Crippen LogP contribution in [0.15, 0.2) is 18.2 Å². The molecule has 0 aromatic heterocycles. The van der Waals surface area contributed by atoms with E-state index in [1.54, 1.807) is 19.1 Å². The first-order chi connectivity index (χ1) is 9.58. The van der Waals surface area contributed by atoms with Gasteiger partial charge in [-0.1, -0.05) is 0 Å². The lowest BCUT2D eigenvalue weighted by Crippen LogP contribution is -2.48. The standard InChI is InChI=1S/C16H20O4/c1-11-9-12(3-4-14(11)15(17)18)20-13-5-8-19-16(10-13)6-2-7-16/h3-4,9,13H,2,5-8,10H2,1H3,(H,17,18). The summed E-state index contributed by atoms with van der Waals surface area (Å²) in [5.74, 6) is -0.137. The summed E-state index contributed by atoms with van der Waals surface area (Å²) >= 11 is 0. The molecule has 1 aliphatic heterocycles. The van der Waals surface area contributed by atoms with Crippen molar-refractivity contribution in [3.05, 3.63) is 29.3 Å². The first kappa shape index (κ1) is 13.4. The number of hydrogen-bond donors (Lipinski definition) is 1. The van der Waals surface area contributed by atoms with Crippen LogP contribution in [0.1, 0.15) is 48.0 Å². The van der Waals surface area contributed by atoms with E-state index in [0.29, 0.717) is 5.56 Å². The molecule has 1 spiro atoms. The number of rotatable bonds is 3. The first-order valence-electron chi connectivity index (χ1n) is 7.23. The lowest BCUT2D eigenvalue weighted by atomic mass is 9.74. The van der Waals surface area contributed by atoms with Gasteiger partial charge in [0, 0.05) is 12.8 Å². The molecule has 1 heterocycles. The summed E-state index contributed by atoms with van der Waals surface area (Å²) < 4.78 is 11.9. The highest BCUT2D eigenvalue weighted by molar-refractivity contribution is 5.89. The van der Waals surface area contributed by atoms with E-state index in [1.807, 2.05) is 6.07 Å². The van der Waals surface area contributed by atoms with Gasteiger partial charge in [0.05, 0.1) is 17.8 Å². The van der Waals surface area contributed by atoms with Crippen molar-refractivity contribution in [1.82, 2.24) is 0 Å². The Morgan fingerprint density at radius 2 is 2.25 bits per heavy atom. The Morgan fingerprint density at radius 3 is 2.85 bits per heavy atom. The molecular formula is C16H20O4. The second kappa shape index (κ2) is 5.09. The zero-order chi connectivity index (χ0) is 14.2. The van der Waals surface area contributed by atoms with Gasteiger partial charge in [0.1, 0.15) is 11.9 Å². The highest BCUT2D eigenvalue weighted by Gasteiger charge is 2.43. The van der Waals surface area contributed by atoms with Crippen LogP contribution < -0.4 is 4.74 Å². The number of carbonyl (C=O) groups is 1. The van der Waals surface area contributed by atoms with E-state index in [1.165, 1.54) is 6.42 Å². The van der Waals surface area contributed by atoms with Gasteiger partial charge < -0.3 is 14.6 Å². The van der Waals surface area contributed by atoms with Crippen LogP contribution in [0.3, 0.4) is 0 Å². The Labute approximate surface area is 118 Å². The van der Waals surface area contributed by atoms with Gasteiger partial charge in [-0.15, -0.1) is 0 Å². The van der Waals surface area contributed by atoms with E-state index in [9.17, 15) is 4.79 Å². The Balaban J connectivity index is 1.68. The Morgan fingerprint density at radius 1 is 1.45 bits per heavy atom. The quantitative estimate of drug-likeness (QED) is 0.921. The van der Waals surface area contributed by atoms with Crippen molar-refractivity contribution in [3.8, 4) is 5.75 Å². The Kier molecular flexibility index (Phi) is 3.42. The third-order valence-electron chi connectivity index (χ3n) is 4.44. The predicted octanol–water partition coefficient (Wildman–Crippen LogP) is 3.17. The average molecular weight is 276 g/mol. The molecule has 1 atom stereocenters. The van der Waals surface area contributed by atoms with Crippen LogP contribution in [-0.2, 0) is 4.74 Å². The summed E-state index contributed by atoms with van der Waals surface area (Å²) in [6.45, 7) is 2.56. The molecule has 108 valence electrons. The molecule has 1 unspecified atom stereocenters. The largest absolute Gasteiger partial charge is 0.490 e. The van der Waals surface area contributed by atoms with Crippen LogP contribution in [0.2, 0.25) is 0 Å². The lowest BCUT2D eigenvalue weighted by Gasteiger charge is -2.46. The summed E-state index contributed by atoms with van der Waals surface area (Å²) in [6, 6.07) is 5.18. The maximum Gasteiger partial charge on any atom is 0.335 e. The molecule has 1 N–H and O–H groups in total. The minimum atomic E-state index is -0.895. The number of carboxylic acids is 1. The monoisotopic (exact) mass is 276 g/mol. The maximum absolute atomic E-state index is 11.0. The van der Waals surface area contributed by atoms with E-state index >= 15 is 0 Å². The molecule has 20 heavy (non-hydrogen) atoms. The van der Waals surface area contributed by atoms with E-state index in [2.05, 4.69) is 0 Å². The fraction of sp³-hybridized carbons (Fsp3) is 0.562. The molecule has 1 aromatic carbocycles. The van der Waals surface area contributed by atoms with Crippen LogP contribution in [0.5, 0.6) is 5.75 Å². The van der Waals surface area contributed by atoms with Crippen LogP contribution >= 0.6 is 0 Å². The van der Waals surface area contributed by atoms with Crippen molar-refractivity contribution in [2.75, 3.05) is 6.61 Å². The minimum Gasteiger partial charge on any atom is -0.490 e. The van der Waals surface area contributed by atoms with Gasteiger partial charge in [0.15, 0.2) is 0 Å². The highest BCUT2D eigenvalue weighted by atomic mass is 16.5. The number of hydrogen-bond acceptors (Lipinski definition) is 3. The van der Waals surface area contributed by atoms with E-state index in [-0.39, 0.29) is 11.7 Å². The van der Waals surface area contributed by atoms with Gasteiger partial charge in [-0.25, -0.2) is 4.79 Å². The minimum absolute atomic E-state index is 0.0684. The summed E-state index contributed by atoms with van der Waals surface area (Å²) in [7, 11) is 0. The van der Waals surface area contributed by atoms with Gasteiger partial charge in [-0.2, -0.15) is 0 Å². The predicted molar refractivity (Wildman–Crippen MR) is 74.3 cm³/mol. The van der Waals surface area contributed by atoms with Crippen LogP contribution in [-0.4, -0.2) is 29.4 Å². The molecule has 1 saturated heterocycles. The van der Waals surface area contributed by atoms with E-state index in [0.717, 1.165) is 43.6 Å². The number of ether oxygens (including phenoxy) is 2. The number of aryl methyl sites for hydroxylation is 1. The second-order valence-corrected chi connectivity index (χ2v) is 5.90. The molecule has 2 fully saturated rings. The SMILES string of the molecule is Cc1cc(OC2CCOC3(CCC3)C2)ccc1C(=O)O. The molecule has 4 nitrogen and oxygen atoms in total. The van der Waals surface area contributed by atoms with Gasteiger partial charge in [0.2, 0.25) is 0 Å². The van der Waals surface area contributed by atoms with Crippen LogP contribution in [0, 0.1) is 6.92 Å². The van der Waals surface area contributed by atoms with E-state index < -0.39 is 5.97 Å². The Hall–Kier alpha value is -1.55. The summed E-state index contributed by atoms with van der Waals surface area (Å²) in [4.78, 5) is 11.0. The molecular weight excluding hydrogens is 256 g/mol. The first-order valence-corrected chi connectivity index (χ1v) is 7.23. The molecule has 0 amide bonds. The molecule has 4 heteroatoms. The highest BCUT2D eigenvalue weighted by Crippen LogP contribution is 2.43. The molecule has 1 aromatic rings. The van der Waals surface area contributed by atoms with Gasteiger partial charge in [-0.05, 0) is 49.9 Å². The van der Waals surface area contributed by atoms with Crippen LogP contribution in [0.25, 0.3) is 0 Å². The van der Waals surface area contributed by atoms with Gasteiger partial charge in [-0.3, -0.25) is 0 Å². The van der Waals surface area contributed by atoms with E-state index in [4.69, 9.17) is 14.6 Å². The van der Waals surface area contributed by atoms with Crippen molar-refractivity contribution in [1.29, 1.82) is 0 Å². The summed E-state index contributed by atoms with van der Waals surface area (Å²) in [6.07, 6.45) is 5.57. The fourth-order valence-corrected chi connectivity index (χ4v) is 3.14. The third kappa shape index (κ3) is 2.52. The second-order valence-electron chi connectivity index (χ2n) is 5.90. The Bertz CT molecular complexity index is 519. The summed E-state index contributed by atoms with van der Waals surface area (Å²) in [5, 5.41) is 9.03. The molecule has 0 bridgehead atoms. The van der Waals surface area contributed by atoms with Crippen molar-refractivity contribution in [2.45, 2.75) is 50.7 Å². The summed E-state index contributed by atoms with van der Waals surface area (Å²) in [5.41, 5.74) is 1.14. The smallest absolute Gasteiger partial charge is 0.335 e. The van der Waals surface area contributed by atoms with Crippen molar-refractivity contribution in [3.63, 3.8) is 0 Å². The van der Waals surface area contributed by atoms with Gasteiger partial charge in [0.25, 0.3) is 0 Å². The number of carboxylic acid groups (broad SMARTS) is 1. The third-order valence-corrected chi connectivity index (χ3v) is 4.44. The molecule has 2 aliphatic rings. The van der Waals surface area contributed by atoms with Crippen molar-refractivity contribution < 1.29 is 19.4 Å². The van der Waals surface area contributed by atoms with Crippen molar-refractivity contribution >= 4 is 5.97 Å². The maximum atomic E-state index is 11.0. The normalized spacial score (nSPS) is 24.1. The number of benzene rings is 1. The molecule has 1 saturated carbocycles. The zero-order valence-electron chi connectivity index (χ0n) is 11.7.